The third kappa shape index (κ3) is 4.19. The highest BCUT2D eigenvalue weighted by atomic mass is 15.3. The lowest BCUT2D eigenvalue weighted by Gasteiger charge is -2.15. The number of hydrogen-bond donors (Lipinski definition) is 1. The molecule has 0 aromatic carbocycles. The first-order chi connectivity index (χ1) is 7.80. The van der Waals surface area contributed by atoms with Gasteiger partial charge in [0, 0.05) is 30.9 Å². The van der Waals surface area contributed by atoms with Gasteiger partial charge in [0.2, 0.25) is 0 Å². The van der Waals surface area contributed by atoms with Gasteiger partial charge in [-0.2, -0.15) is 5.10 Å². The van der Waals surface area contributed by atoms with Crippen molar-refractivity contribution in [1.29, 1.82) is 0 Å². The fraction of sp³-hybridized carbons (Fsp3) is 0.615. The smallest absolute Gasteiger partial charge is 0.0534 e. The fourth-order valence-electron chi connectivity index (χ4n) is 1.70. The second-order valence-corrected chi connectivity index (χ2v) is 4.06. The summed E-state index contributed by atoms with van der Waals surface area (Å²) in [6, 6.07) is 0.586. The summed E-state index contributed by atoms with van der Waals surface area (Å²) in [7, 11) is 0. The highest BCUT2D eigenvalue weighted by Crippen LogP contribution is 2.04. The third-order valence-electron chi connectivity index (χ3n) is 2.82. The molecule has 0 spiro atoms. The normalized spacial score (nSPS) is 12.6. The largest absolute Gasteiger partial charge is 0.310 e. The summed E-state index contributed by atoms with van der Waals surface area (Å²) in [6.45, 7) is 9.93. The van der Waals surface area contributed by atoms with E-state index in [9.17, 15) is 0 Å². The minimum atomic E-state index is 0.586. The highest BCUT2D eigenvalue weighted by Gasteiger charge is 2.05. The van der Waals surface area contributed by atoms with Crippen LogP contribution >= 0.6 is 0 Å². The number of aromatic nitrogens is 2. The maximum atomic E-state index is 4.26. The van der Waals surface area contributed by atoms with Crippen LogP contribution in [0.4, 0.5) is 0 Å². The monoisotopic (exact) mass is 221 g/mol. The van der Waals surface area contributed by atoms with Gasteiger partial charge < -0.3 is 5.32 Å². The quantitative estimate of drug-likeness (QED) is 0.684. The van der Waals surface area contributed by atoms with Gasteiger partial charge in [0.15, 0.2) is 0 Å². The lowest BCUT2D eigenvalue weighted by molar-refractivity contribution is 0.470. The van der Waals surface area contributed by atoms with Crippen LogP contribution in [-0.2, 0) is 13.1 Å². The van der Waals surface area contributed by atoms with Crippen LogP contribution in [0.1, 0.15) is 38.7 Å². The van der Waals surface area contributed by atoms with Gasteiger partial charge in [-0.1, -0.05) is 13.0 Å². The van der Waals surface area contributed by atoms with Crippen LogP contribution in [0.15, 0.2) is 25.0 Å². The molecule has 1 rings (SSSR count). The Bertz CT molecular complexity index is 304. The van der Waals surface area contributed by atoms with E-state index in [1.807, 2.05) is 17.0 Å². The molecule has 0 fully saturated rings. The van der Waals surface area contributed by atoms with E-state index in [-0.39, 0.29) is 0 Å². The summed E-state index contributed by atoms with van der Waals surface area (Å²) in [5.41, 5.74) is 1.26. The standard InChI is InChI=1S/C13H23N3/c1-4-7-8-13(5-2)14-9-12-10-15-16(6-3)11-12/h4,10-11,13-14H,1,5-9H2,2-3H3. The van der Waals surface area contributed by atoms with Crippen LogP contribution in [0.3, 0.4) is 0 Å². The first-order valence-electron chi connectivity index (χ1n) is 6.15. The van der Waals surface area contributed by atoms with Crippen LogP contribution in [-0.4, -0.2) is 15.8 Å². The zero-order valence-electron chi connectivity index (χ0n) is 10.4. The van der Waals surface area contributed by atoms with Crippen LogP contribution < -0.4 is 5.32 Å². The van der Waals surface area contributed by atoms with Crippen molar-refractivity contribution in [3.63, 3.8) is 0 Å². The number of nitrogens with one attached hydrogen (secondary N) is 1. The number of allylic oxidation sites excluding steroid dienone is 1. The van der Waals surface area contributed by atoms with Crippen molar-refractivity contribution in [1.82, 2.24) is 15.1 Å². The van der Waals surface area contributed by atoms with Gasteiger partial charge >= 0.3 is 0 Å². The van der Waals surface area contributed by atoms with Gasteiger partial charge in [0.05, 0.1) is 6.20 Å². The van der Waals surface area contributed by atoms with Gasteiger partial charge in [-0.15, -0.1) is 6.58 Å². The first-order valence-corrected chi connectivity index (χ1v) is 6.15. The summed E-state index contributed by atoms with van der Waals surface area (Å²) in [5, 5.41) is 7.82. The Labute approximate surface area is 98.5 Å². The predicted octanol–water partition coefficient (Wildman–Crippen LogP) is 2.74. The summed E-state index contributed by atoms with van der Waals surface area (Å²) in [6.07, 6.45) is 9.45. The van der Waals surface area contributed by atoms with Crippen molar-refractivity contribution < 1.29 is 0 Å². The highest BCUT2D eigenvalue weighted by molar-refractivity contribution is 5.03. The first kappa shape index (κ1) is 13.0. The molecule has 1 atom stereocenters. The Morgan fingerprint density at radius 2 is 2.38 bits per heavy atom. The zero-order valence-corrected chi connectivity index (χ0v) is 10.4. The Kier molecular flexibility index (Phi) is 5.86. The van der Waals surface area contributed by atoms with E-state index >= 15 is 0 Å². The van der Waals surface area contributed by atoms with E-state index in [0.717, 1.165) is 25.9 Å². The van der Waals surface area contributed by atoms with E-state index in [0.29, 0.717) is 6.04 Å². The maximum Gasteiger partial charge on any atom is 0.0534 e. The summed E-state index contributed by atoms with van der Waals surface area (Å²) in [5.74, 6) is 0. The van der Waals surface area contributed by atoms with Crippen LogP contribution in [0, 0.1) is 0 Å². The van der Waals surface area contributed by atoms with E-state index in [4.69, 9.17) is 0 Å². The average Bonchev–Trinajstić information content (AvgIpc) is 2.77. The molecule has 1 heterocycles. The second-order valence-electron chi connectivity index (χ2n) is 4.06. The number of aryl methyl sites for hydroxylation is 1. The number of hydrogen-bond acceptors (Lipinski definition) is 2. The maximum absolute atomic E-state index is 4.26. The van der Waals surface area contributed by atoms with Gasteiger partial charge in [0.25, 0.3) is 0 Å². The van der Waals surface area contributed by atoms with Crippen molar-refractivity contribution in [2.45, 2.75) is 52.2 Å². The molecule has 90 valence electrons. The molecule has 0 radical (unpaired) electrons. The van der Waals surface area contributed by atoms with E-state index < -0.39 is 0 Å². The predicted molar refractivity (Wildman–Crippen MR) is 68.3 cm³/mol. The van der Waals surface area contributed by atoms with Crippen molar-refractivity contribution in [3.05, 3.63) is 30.6 Å². The molecule has 3 nitrogen and oxygen atoms in total. The molecule has 16 heavy (non-hydrogen) atoms. The molecule has 3 heteroatoms. The Morgan fingerprint density at radius 3 is 2.94 bits per heavy atom. The molecular weight excluding hydrogens is 198 g/mol. The molecule has 0 aliphatic carbocycles. The molecule has 1 aromatic heterocycles. The minimum Gasteiger partial charge on any atom is -0.310 e. The van der Waals surface area contributed by atoms with Crippen LogP contribution in [0.25, 0.3) is 0 Å². The molecule has 0 amide bonds. The molecule has 1 aromatic rings. The van der Waals surface area contributed by atoms with E-state index in [2.05, 4.69) is 37.0 Å². The Balaban J connectivity index is 2.33. The molecule has 0 aliphatic rings. The molecule has 0 saturated heterocycles. The lowest BCUT2D eigenvalue weighted by atomic mass is 10.1. The van der Waals surface area contributed by atoms with E-state index in [1.54, 1.807) is 0 Å². The molecule has 0 saturated carbocycles. The van der Waals surface area contributed by atoms with Crippen LogP contribution in [0.2, 0.25) is 0 Å². The Morgan fingerprint density at radius 1 is 1.56 bits per heavy atom. The van der Waals surface area contributed by atoms with Crippen molar-refractivity contribution in [3.8, 4) is 0 Å². The average molecular weight is 221 g/mol. The van der Waals surface area contributed by atoms with Gasteiger partial charge in [-0.05, 0) is 26.2 Å². The van der Waals surface area contributed by atoms with Crippen molar-refractivity contribution in [2.24, 2.45) is 0 Å². The summed E-state index contributed by atoms with van der Waals surface area (Å²) < 4.78 is 1.96. The van der Waals surface area contributed by atoms with Crippen molar-refractivity contribution in [2.75, 3.05) is 0 Å². The Hall–Kier alpha value is -1.09. The fourth-order valence-corrected chi connectivity index (χ4v) is 1.70. The van der Waals surface area contributed by atoms with Gasteiger partial charge in [-0.3, -0.25) is 4.68 Å². The SMILES string of the molecule is C=CCCC(CC)NCc1cnn(CC)c1. The minimum absolute atomic E-state index is 0.586. The zero-order chi connectivity index (χ0) is 11.8. The van der Waals surface area contributed by atoms with Gasteiger partial charge in [-0.25, -0.2) is 0 Å². The molecule has 0 bridgehead atoms. The summed E-state index contributed by atoms with van der Waals surface area (Å²) in [4.78, 5) is 0. The molecule has 1 unspecified atom stereocenters. The number of nitrogens with zero attached hydrogens (tertiary/aromatic N) is 2. The topological polar surface area (TPSA) is 29.9 Å². The molecule has 0 aliphatic heterocycles. The lowest BCUT2D eigenvalue weighted by Crippen LogP contribution is -2.27. The van der Waals surface area contributed by atoms with E-state index in [1.165, 1.54) is 12.0 Å². The third-order valence-corrected chi connectivity index (χ3v) is 2.82. The molecule has 1 N–H and O–H groups in total. The summed E-state index contributed by atoms with van der Waals surface area (Å²) >= 11 is 0. The van der Waals surface area contributed by atoms with Crippen molar-refractivity contribution >= 4 is 0 Å². The number of rotatable bonds is 8. The van der Waals surface area contributed by atoms with Crippen LogP contribution in [0.5, 0.6) is 0 Å². The molecular formula is C13H23N3. The second kappa shape index (κ2) is 7.23. The van der Waals surface area contributed by atoms with Gasteiger partial charge in [0.1, 0.15) is 0 Å².